The van der Waals surface area contributed by atoms with Gasteiger partial charge in [-0.1, -0.05) is 48.1 Å². The summed E-state index contributed by atoms with van der Waals surface area (Å²) in [5.41, 5.74) is 1.01. The van der Waals surface area contributed by atoms with E-state index in [9.17, 15) is 10.2 Å². The molecule has 0 bridgehead atoms. The third-order valence-electron chi connectivity index (χ3n) is 5.51. The van der Waals surface area contributed by atoms with Crippen LogP contribution in [0.4, 0.5) is 0 Å². The molecule has 3 aromatic rings. The molecule has 28 heavy (non-hydrogen) atoms. The predicted molar refractivity (Wildman–Crippen MR) is 109 cm³/mol. The molecular weight excluding hydrogens is 398 g/mol. The molecule has 0 aliphatic carbocycles. The number of aryl methyl sites for hydroxylation is 1. The van der Waals surface area contributed by atoms with Crippen molar-refractivity contribution in [2.75, 3.05) is 39.3 Å². The SMILES string of the molecule is CCc1nc2sc([C@@H](c3ccccc3Cl)[NH+]3CC[NH+](CCO)CC3)c(O)n2n1. The number of halogens is 1. The molecule has 1 fully saturated rings. The fourth-order valence-electron chi connectivity index (χ4n) is 4.01. The van der Waals surface area contributed by atoms with Crippen LogP contribution in [0.15, 0.2) is 24.3 Å². The molecule has 0 unspecified atom stereocenters. The van der Waals surface area contributed by atoms with Gasteiger partial charge in [-0.15, -0.1) is 5.10 Å². The Morgan fingerprint density at radius 3 is 2.64 bits per heavy atom. The van der Waals surface area contributed by atoms with Crippen LogP contribution in [0.2, 0.25) is 5.02 Å². The lowest BCUT2D eigenvalue weighted by molar-refractivity contribution is -1.02. The van der Waals surface area contributed by atoms with Crippen LogP contribution in [0.5, 0.6) is 5.88 Å². The number of aromatic hydroxyl groups is 1. The monoisotopic (exact) mass is 423 g/mol. The van der Waals surface area contributed by atoms with Crippen LogP contribution in [0.3, 0.4) is 0 Å². The Kier molecular flexibility index (Phi) is 5.84. The zero-order chi connectivity index (χ0) is 19.7. The summed E-state index contributed by atoms with van der Waals surface area (Å²) in [6, 6.07) is 7.80. The van der Waals surface area contributed by atoms with E-state index >= 15 is 0 Å². The first-order valence-electron chi connectivity index (χ1n) is 9.73. The van der Waals surface area contributed by atoms with E-state index in [2.05, 4.69) is 10.1 Å². The number of thiazole rings is 1. The van der Waals surface area contributed by atoms with Gasteiger partial charge < -0.3 is 20.0 Å². The van der Waals surface area contributed by atoms with Crippen molar-refractivity contribution in [1.82, 2.24) is 14.6 Å². The van der Waals surface area contributed by atoms with Crippen molar-refractivity contribution in [2.24, 2.45) is 0 Å². The first kappa shape index (κ1) is 19.6. The number of aromatic nitrogens is 3. The molecule has 4 N–H and O–H groups in total. The Bertz CT molecular complexity index is 951. The second-order valence-electron chi connectivity index (χ2n) is 7.20. The lowest BCUT2D eigenvalue weighted by Crippen LogP contribution is -3.28. The minimum atomic E-state index is -0.0667. The maximum absolute atomic E-state index is 11.0. The molecular formula is C19H26ClN5O2S+2. The van der Waals surface area contributed by atoms with Gasteiger partial charge in [0.1, 0.15) is 37.6 Å². The highest BCUT2D eigenvalue weighted by Gasteiger charge is 2.37. The van der Waals surface area contributed by atoms with E-state index in [0.29, 0.717) is 9.98 Å². The van der Waals surface area contributed by atoms with Crippen LogP contribution in [0, 0.1) is 0 Å². The molecule has 2 aromatic heterocycles. The van der Waals surface area contributed by atoms with Crippen LogP contribution in [-0.2, 0) is 6.42 Å². The summed E-state index contributed by atoms with van der Waals surface area (Å²) in [7, 11) is 0. The molecule has 1 aliphatic heterocycles. The fourth-order valence-corrected chi connectivity index (χ4v) is 5.40. The van der Waals surface area contributed by atoms with Crippen LogP contribution in [0.1, 0.15) is 29.2 Å². The number of quaternary nitrogens is 2. The first-order valence-corrected chi connectivity index (χ1v) is 10.9. The maximum atomic E-state index is 11.0. The number of hydrogen-bond acceptors (Lipinski definition) is 5. The lowest BCUT2D eigenvalue weighted by Gasteiger charge is -2.34. The van der Waals surface area contributed by atoms with Crippen molar-refractivity contribution in [1.29, 1.82) is 0 Å². The molecule has 150 valence electrons. The summed E-state index contributed by atoms with van der Waals surface area (Å²) in [6.07, 6.45) is 0.734. The molecule has 0 spiro atoms. The summed E-state index contributed by atoms with van der Waals surface area (Å²) in [6.45, 7) is 6.86. The average Bonchev–Trinajstić information content (AvgIpc) is 3.24. The van der Waals surface area contributed by atoms with E-state index in [0.717, 1.165) is 55.4 Å². The highest BCUT2D eigenvalue weighted by Crippen LogP contribution is 2.37. The molecule has 1 aliphatic rings. The van der Waals surface area contributed by atoms with Crippen LogP contribution in [-0.4, -0.2) is 64.1 Å². The minimum Gasteiger partial charge on any atom is -0.492 e. The number of aliphatic hydroxyl groups is 1. The molecule has 4 rings (SSSR count). The normalized spacial score (nSPS) is 21.2. The van der Waals surface area contributed by atoms with E-state index in [-0.39, 0.29) is 18.5 Å². The average molecular weight is 424 g/mol. The molecule has 0 saturated carbocycles. The molecule has 3 heterocycles. The number of piperazine rings is 1. The quantitative estimate of drug-likeness (QED) is 0.434. The van der Waals surface area contributed by atoms with Gasteiger partial charge in [-0.3, -0.25) is 0 Å². The van der Waals surface area contributed by atoms with E-state index in [4.69, 9.17) is 11.6 Å². The van der Waals surface area contributed by atoms with E-state index in [1.165, 1.54) is 21.1 Å². The van der Waals surface area contributed by atoms with Gasteiger partial charge in [0.2, 0.25) is 10.8 Å². The summed E-state index contributed by atoms with van der Waals surface area (Å²) < 4.78 is 1.55. The van der Waals surface area contributed by atoms with Crippen molar-refractivity contribution >= 4 is 27.9 Å². The third kappa shape index (κ3) is 3.62. The highest BCUT2D eigenvalue weighted by atomic mass is 35.5. The summed E-state index contributed by atoms with van der Waals surface area (Å²) in [5.74, 6) is 0.894. The highest BCUT2D eigenvalue weighted by molar-refractivity contribution is 7.17. The van der Waals surface area contributed by atoms with Crippen LogP contribution >= 0.6 is 22.9 Å². The van der Waals surface area contributed by atoms with E-state index < -0.39 is 0 Å². The van der Waals surface area contributed by atoms with Crippen molar-refractivity contribution in [2.45, 2.75) is 19.4 Å². The Morgan fingerprint density at radius 2 is 2.00 bits per heavy atom. The van der Waals surface area contributed by atoms with Crippen molar-refractivity contribution < 1.29 is 20.0 Å². The fraction of sp³-hybridized carbons (Fsp3) is 0.474. The van der Waals surface area contributed by atoms with Gasteiger partial charge in [0.05, 0.1) is 11.6 Å². The second-order valence-corrected chi connectivity index (χ2v) is 8.62. The summed E-state index contributed by atoms with van der Waals surface area (Å²) >= 11 is 8.06. The molecule has 1 saturated heterocycles. The third-order valence-corrected chi connectivity index (χ3v) is 6.94. The zero-order valence-electron chi connectivity index (χ0n) is 15.9. The Morgan fingerprint density at radius 1 is 1.25 bits per heavy atom. The van der Waals surface area contributed by atoms with E-state index in [1.807, 2.05) is 31.2 Å². The smallest absolute Gasteiger partial charge is 0.235 e. The molecule has 0 amide bonds. The number of hydrogen-bond donors (Lipinski definition) is 4. The molecule has 0 radical (unpaired) electrons. The molecule has 9 heteroatoms. The maximum Gasteiger partial charge on any atom is 0.235 e. The number of nitrogens with zero attached hydrogens (tertiary/aromatic N) is 3. The van der Waals surface area contributed by atoms with Gasteiger partial charge in [0, 0.05) is 12.0 Å². The Balaban J connectivity index is 1.73. The van der Waals surface area contributed by atoms with Gasteiger partial charge >= 0.3 is 0 Å². The van der Waals surface area contributed by atoms with Gasteiger partial charge in [-0.05, 0) is 6.07 Å². The number of rotatable bonds is 6. The molecule has 1 aromatic carbocycles. The topological polar surface area (TPSA) is 79.5 Å². The lowest BCUT2D eigenvalue weighted by atomic mass is 10.0. The summed E-state index contributed by atoms with van der Waals surface area (Å²) in [5, 5.41) is 25.3. The minimum absolute atomic E-state index is 0.0667. The standard InChI is InChI=1S/C19H24ClN5O2S/c1-2-15-21-19-25(22-15)18(27)17(28-19)16(13-5-3-4-6-14(13)20)24-9-7-23(8-10-24)11-12-26/h3-6,16,26-27H,2,7-12H2,1H3/p+2/t16-/m1/s1. The largest absolute Gasteiger partial charge is 0.492 e. The molecule has 7 nitrogen and oxygen atoms in total. The van der Waals surface area contributed by atoms with Crippen molar-refractivity contribution in [3.05, 3.63) is 45.6 Å². The van der Waals surface area contributed by atoms with E-state index in [1.54, 1.807) is 4.52 Å². The van der Waals surface area contributed by atoms with Crippen LogP contribution < -0.4 is 9.80 Å². The number of nitrogens with one attached hydrogen (secondary N) is 2. The van der Waals surface area contributed by atoms with Crippen molar-refractivity contribution in [3.63, 3.8) is 0 Å². The Labute approximate surface area is 172 Å². The van der Waals surface area contributed by atoms with Gasteiger partial charge in [0.25, 0.3) is 0 Å². The predicted octanol–water partition coefficient (Wildman–Crippen LogP) is -0.423. The second kappa shape index (κ2) is 8.34. The number of aliphatic hydroxyl groups excluding tert-OH is 1. The van der Waals surface area contributed by atoms with Gasteiger partial charge in [-0.2, -0.15) is 4.52 Å². The Hall–Kier alpha value is -1.71. The van der Waals surface area contributed by atoms with Crippen molar-refractivity contribution in [3.8, 4) is 5.88 Å². The van der Waals surface area contributed by atoms with Gasteiger partial charge in [-0.25, -0.2) is 4.98 Å². The number of benzene rings is 1. The van der Waals surface area contributed by atoms with Gasteiger partial charge in [0.15, 0.2) is 11.9 Å². The molecule has 1 atom stereocenters. The first-order chi connectivity index (χ1) is 13.6. The van der Waals surface area contributed by atoms with Crippen LogP contribution in [0.25, 0.3) is 4.96 Å². The number of fused-ring (bicyclic) bond motifs is 1. The summed E-state index contributed by atoms with van der Waals surface area (Å²) in [4.78, 5) is 8.88. The zero-order valence-corrected chi connectivity index (χ0v) is 17.4.